The molecule has 0 saturated heterocycles. The molecule has 1 aromatic rings. The summed E-state index contributed by atoms with van der Waals surface area (Å²) in [7, 11) is 0. The van der Waals surface area contributed by atoms with Gasteiger partial charge in [0, 0.05) is 23.8 Å². The van der Waals surface area contributed by atoms with Gasteiger partial charge >= 0.3 is 0 Å². The molecule has 2 atom stereocenters. The Morgan fingerprint density at radius 3 is 3.07 bits per heavy atom. The fraction of sp³-hybridized carbons (Fsp3) is 0.556. The maximum absolute atomic E-state index is 11.4. The summed E-state index contributed by atoms with van der Waals surface area (Å²) in [5, 5.41) is 9.53. The van der Waals surface area contributed by atoms with Crippen LogP contribution >= 0.6 is 0 Å². The lowest BCUT2D eigenvalue weighted by atomic mass is 10.2. The largest absolute Gasteiger partial charge is 0.352 e. The van der Waals surface area contributed by atoms with E-state index in [9.17, 15) is 4.79 Å². The molecular weight excluding hydrogens is 180 g/mol. The Kier molecular flexibility index (Phi) is 2.25. The maximum atomic E-state index is 11.4. The molecule has 1 aromatic heterocycles. The fourth-order valence-electron chi connectivity index (χ4n) is 1.38. The molecule has 0 aliphatic heterocycles. The molecule has 0 spiro atoms. The molecule has 5 nitrogen and oxygen atoms in total. The number of hydrogen-bond acceptors (Lipinski definition) is 3. The van der Waals surface area contributed by atoms with E-state index in [2.05, 4.69) is 15.5 Å². The minimum Gasteiger partial charge on any atom is -0.352 e. The minimum atomic E-state index is 0.0298. The van der Waals surface area contributed by atoms with Crippen LogP contribution < -0.4 is 11.1 Å². The van der Waals surface area contributed by atoms with E-state index in [4.69, 9.17) is 5.73 Å². The van der Waals surface area contributed by atoms with Gasteiger partial charge in [0.2, 0.25) is 5.91 Å². The van der Waals surface area contributed by atoms with Crippen LogP contribution in [0.4, 0.5) is 0 Å². The second-order valence-corrected chi connectivity index (χ2v) is 3.74. The smallest absolute Gasteiger partial charge is 0.225 e. The van der Waals surface area contributed by atoms with Gasteiger partial charge in [0.25, 0.3) is 0 Å². The Morgan fingerprint density at radius 1 is 1.86 bits per heavy atom. The number of amides is 1. The number of nitrogens with zero attached hydrogens (tertiary/aromatic N) is 1. The lowest BCUT2D eigenvalue weighted by Crippen LogP contribution is -2.27. The lowest BCUT2D eigenvalue weighted by Gasteiger charge is -2.02. The SMILES string of the molecule is Cc1[nH]ncc1CNC(=O)C1CC1N. The summed E-state index contributed by atoms with van der Waals surface area (Å²) in [6.07, 6.45) is 2.54. The van der Waals surface area contributed by atoms with Crippen molar-refractivity contribution >= 4 is 5.91 Å². The van der Waals surface area contributed by atoms with Crippen LogP contribution in [0.25, 0.3) is 0 Å². The molecule has 1 fully saturated rings. The van der Waals surface area contributed by atoms with Crippen molar-refractivity contribution in [3.63, 3.8) is 0 Å². The standard InChI is InChI=1S/C9H14N4O/c1-5-6(4-12-13-5)3-11-9(14)7-2-8(7)10/h4,7-8H,2-3,10H2,1H3,(H,11,14)(H,12,13). The number of H-pyrrole nitrogens is 1. The Bertz CT molecular complexity index is 346. The highest BCUT2D eigenvalue weighted by Crippen LogP contribution is 2.27. The van der Waals surface area contributed by atoms with Gasteiger partial charge in [0.05, 0.1) is 12.1 Å². The van der Waals surface area contributed by atoms with Gasteiger partial charge in [-0.05, 0) is 13.3 Å². The summed E-state index contributed by atoms with van der Waals surface area (Å²) in [5.74, 6) is 0.0836. The van der Waals surface area contributed by atoms with E-state index in [1.807, 2.05) is 6.92 Å². The van der Waals surface area contributed by atoms with Crippen LogP contribution in [0.1, 0.15) is 17.7 Å². The van der Waals surface area contributed by atoms with E-state index in [1.165, 1.54) is 0 Å². The van der Waals surface area contributed by atoms with Crippen molar-refractivity contribution in [1.29, 1.82) is 0 Å². The number of carbonyl (C=O) groups excluding carboxylic acids is 1. The van der Waals surface area contributed by atoms with Crippen molar-refractivity contribution in [1.82, 2.24) is 15.5 Å². The van der Waals surface area contributed by atoms with E-state index in [0.717, 1.165) is 17.7 Å². The maximum Gasteiger partial charge on any atom is 0.225 e. The Labute approximate surface area is 82.1 Å². The molecule has 14 heavy (non-hydrogen) atoms. The zero-order chi connectivity index (χ0) is 10.1. The topological polar surface area (TPSA) is 83.8 Å². The molecule has 2 unspecified atom stereocenters. The van der Waals surface area contributed by atoms with Crippen LogP contribution in [0.3, 0.4) is 0 Å². The highest BCUT2D eigenvalue weighted by molar-refractivity contribution is 5.82. The third kappa shape index (κ3) is 1.77. The molecule has 2 rings (SSSR count). The summed E-state index contributed by atoms with van der Waals surface area (Å²) in [4.78, 5) is 11.4. The first-order chi connectivity index (χ1) is 6.68. The molecule has 0 bridgehead atoms. The Morgan fingerprint density at radius 2 is 2.57 bits per heavy atom. The van der Waals surface area contributed by atoms with Gasteiger partial charge in [-0.1, -0.05) is 0 Å². The van der Waals surface area contributed by atoms with Gasteiger partial charge in [-0.2, -0.15) is 5.10 Å². The zero-order valence-corrected chi connectivity index (χ0v) is 8.08. The molecular formula is C9H14N4O. The molecule has 1 aliphatic rings. The average molecular weight is 194 g/mol. The molecule has 1 saturated carbocycles. The van der Waals surface area contributed by atoms with Gasteiger partial charge in [0.15, 0.2) is 0 Å². The molecule has 0 radical (unpaired) electrons. The second-order valence-electron chi connectivity index (χ2n) is 3.74. The molecule has 4 N–H and O–H groups in total. The number of aromatic nitrogens is 2. The number of nitrogens with two attached hydrogens (primary N) is 1. The normalized spacial score (nSPS) is 24.7. The summed E-state index contributed by atoms with van der Waals surface area (Å²) in [6, 6.07) is 0.0699. The van der Waals surface area contributed by atoms with Gasteiger partial charge in [-0.3, -0.25) is 9.89 Å². The van der Waals surface area contributed by atoms with E-state index >= 15 is 0 Å². The van der Waals surface area contributed by atoms with Crippen LogP contribution in [0, 0.1) is 12.8 Å². The van der Waals surface area contributed by atoms with E-state index in [-0.39, 0.29) is 17.9 Å². The van der Waals surface area contributed by atoms with E-state index in [1.54, 1.807) is 6.20 Å². The number of carbonyl (C=O) groups is 1. The number of aromatic amines is 1. The molecule has 1 aliphatic carbocycles. The predicted molar refractivity (Wildman–Crippen MR) is 51.3 cm³/mol. The second kappa shape index (κ2) is 3.42. The first-order valence-electron chi connectivity index (χ1n) is 4.70. The van der Waals surface area contributed by atoms with Crippen LogP contribution in [-0.4, -0.2) is 22.1 Å². The Hall–Kier alpha value is -1.36. The number of nitrogens with one attached hydrogen (secondary N) is 2. The first kappa shape index (κ1) is 9.21. The highest BCUT2D eigenvalue weighted by Gasteiger charge is 2.39. The van der Waals surface area contributed by atoms with Crippen LogP contribution in [-0.2, 0) is 11.3 Å². The van der Waals surface area contributed by atoms with Crippen molar-refractivity contribution in [2.24, 2.45) is 11.7 Å². The highest BCUT2D eigenvalue weighted by atomic mass is 16.2. The Balaban J connectivity index is 1.83. The number of hydrogen-bond donors (Lipinski definition) is 3. The average Bonchev–Trinajstić information content (AvgIpc) is 2.74. The first-order valence-corrected chi connectivity index (χ1v) is 4.70. The van der Waals surface area contributed by atoms with Crippen LogP contribution in [0.5, 0.6) is 0 Å². The molecule has 76 valence electrons. The summed E-state index contributed by atoms with van der Waals surface area (Å²) >= 11 is 0. The van der Waals surface area contributed by atoms with Crippen LogP contribution in [0.2, 0.25) is 0 Å². The van der Waals surface area contributed by atoms with Crippen molar-refractivity contribution < 1.29 is 4.79 Å². The van der Waals surface area contributed by atoms with Gasteiger partial charge in [0.1, 0.15) is 0 Å². The molecule has 5 heteroatoms. The third-order valence-corrected chi connectivity index (χ3v) is 2.56. The van der Waals surface area contributed by atoms with Crippen molar-refractivity contribution in [2.45, 2.75) is 25.9 Å². The van der Waals surface area contributed by atoms with Gasteiger partial charge < -0.3 is 11.1 Å². The zero-order valence-electron chi connectivity index (χ0n) is 8.08. The van der Waals surface area contributed by atoms with E-state index in [0.29, 0.717) is 6.54 Å². The fourth-order valence-corrected chi connectivity index (χ4v) is 1.38. The molecule has 1 amide bonds. The van der Waals surface area contributed by atoms with Crippen molar-refractivity contribution in [2.75, 3.05) is 0 Å². The summed E-state index contributed by atoms with van der Waals surface area (Å²) in [5.41, 5.74) is 7.58. The van der Waals surface area contributed by atoms with Crippen molar-refractivity contribution in [3.8, 4) is 0 Å². The number of rotatable bonds is 3. The molecule has 1 heterocycles. The summed E-state index contributed by atoms with van der Waals surface area (Å²) < 4.78 is 0. The summed E-state index contributed by atoms with van der Waals surface area (Å²) in [6.45, 7) is 2.46. The number of aryl methyl sites for hydroxylation is 1. The van der Waals surface area contributed by atoms with Crippen LogP contribution in [0.15, 0.2) is 6.20 Å². The van der Waals surface area contributed by atoms with E-state index < -0.39 is 0 Å². The van der Waals surface area contributed by atoms with Gasteiger partial charge in [-0.25, -0.2) is 0 Å². The minimum absolute atomic E-state index is 0.0298. The molecule has 0 aromatic carbocycles. The quantitative estimate of drug-likeness (QED) is 0.616. The monoisotopic (exact) mass is 194 g/mol. The predicted octanol–water partition coefficient (Wildman–Crippen LogP) is -0.318. The van der Waals surface area contributed by atoms with Gasteiger partial charge in [-0.15, -0.1) is 0 Å². The third-order valence-electron chi connectivity index (χ3n) is 2.56. The van der Waals surface area contributed by atoms with Crippen molar-refractivity contribution in [3.05, 3.63) is 17.5 Å². The lowest BCUT2D eigenvalue weighted by molar-refractivity contribution is -0.122.